The topological polar surface area (TPSA) is 86.0 Å². The molecule has 1 aromatic carbocycles. The van der Waals surface area contributed by atoms with E-state index in [4.69, 9.17) is 0 Å². The van der Waals surface area contributed by atoms with Crippen molar-refractivity contribution in [3.05, 3.63) is 63.2 Å². The Labute approximate surface area is 109 Å². The van der Waals surface area contributed by atoms with Gasteiger partial charge in [0.1, 0.15) is 11.3 Å². The van der Waals surface area contributed by atoms with E-state index in [9.17, 15) is 14.9 Å². The first-order chi connectivity index (χ1) is 9.00. The van der Waals surface area contributed by atoms with Gasteiger partial charge in [-0.15, -0.1) is 0 Å². The first kappa shape index (κ1) is 12.8. The summed E-state index contributed by atoms with van der Waals surface area (Å²) in [7, 11) is 0. The summed E-state index contributed by atoms with van der Waals surface area (Å²) in [5, 5.41) is 10.9. The number of nitro groups is 1. The molecular formula is C13H11N3O3. The van der Waals surface area contributed by atoms with Crippen molar-refractivity contribution in [3.8, 4) is 0 Å². The normalized spacial score (nSPS) is 10.2. The van der Waals surface area contributed by atoms with E-state index >= 15 is 0 Å². The van der Waals surface area contributed by atoms with Gasteiger partial charge in [0.2, 0.25) is 5.78 Å². The van der Waals surface area contributed by atoms with Crippen molar-refractivity contribution in [1.29, 1.82) is 0 Å². The third-order valence-corrected chi connectivity index (χ3v) is 2.64. The molecule has 0 N–H and O–H groups in total. The maximum absolute atomic E-state index is 12.3. The molecule has 0 bridgehead atoms. The van der Waals surface area contributed by atoms with Gasteiger partial charge in [0.15, 0.2) is 0 Å². The third-order valence-electron chi connectivity index (χ3n) is 2.64. The fraction of sp³-hybridized carbons (Fsp3) is 0.154. The lowest BCUT2D eigenvalue weighted by molar-refractivity contribution is -0.385. The van der Waals surface area contributed by atoms with Gasteiger partial charge in [-0.25, -0.2) is 4.98 Å². The van der Waals surface area contributed by atoms with Gasteiger partial charge >= 0.3 is 0 Å². The molecule has 1 aromatic heterocycles. The van der Waals surface area contributed by atoms with Gasteiger partial charge < -0.3 is 0 Å². The summed E-state index contributed by atoms with van der Waals surface area (Å²) in [5.74, 6) is -0.485. The Bertz CT molecular complexity index is 668. The first-order valence-electron chi connectivity index (χ1n) is 5.59. The van der Waals surface area contributed by atoms with E-state index < -0.39 is 10.7 Å². The Morgan fingerprint density at radius 2 is 1.95 bits per heavy atom. The zero-order valence-electron chi connectivity index (χ0n) is 10.5. The van der Waals surface area contributed by atoms with Crippen LogP contribution in [0.4, 0.5) is 5.69 Å². The van der Waals surface area contributed by atoms with Crippen LogP contribution in [0.3, 0.4) is 0 Å². The minimum atomic E-state index is -0.578. The summed E-state index contributed by atoms with van der Waals surface area (Å²) in [6.07, 6.45) is 1.55. The second kappa shape index (κ2) is 4.93. The van der Waals surface area contributed by atoms with Gasteiger partial charge in [-0.1, -0.05) is 12.1 Å². The Morgan fingerprint density at radius 3 is 2.63 bits per heavy atom. The number of nitrogens with zero attached hydrogens (tertiary/aromatic N) is 3. The SMILES string of the molecule is Cc1cnc(C)c(C(=O)c2ccccc2[N+](=O)[O-])n1. The fourth-order valence-electron chi connectivity index (χ4n) is 1.70. The van der Waals surface area contributed by atoms with E-state index in [1.54, 1.807) is 26.1 Å². The summed E-state index contributed by atoms with van der Waals surface area (Å²) >= 11 is 0. The molecule has 0 fully saturated rings. The molecule has 0 radical (unpaired) electrons. The van der Waals surface area contributed by atoms with Gasteiger partial charge in [0.25, 0.3) is 5.69 Å². The molecule has 19 heavy (non-hydrogen) atoms. The zero-order valence-corrected chi connectivity index (χ0v) is 10.5. The number of para-hydroxylation sites is 1. The van der Waals surface area contributed by atoms with Crippen LogP contribution in [0.2, 0.25) is 0 Å². The molecule has 0 saturated carbocycles. The lowest BCUT2D eigenvalue weighted by Crippen LogP contribution is -2.11. The van der Waals surface area contributed by atoms with Crippen LogP contribution >= 0.6 is 0 Å². The summed E-state index contributed by atoms with van der Waals surface area (Å²) in [6, 6.07) is 5.82. The van der Waals surface area contributed by atoms with Crippen molar-refractivity contribution in [1.82, 2.24) is 9.97 Å². The maximum Gasteiger partial charge on any atom is 0.280 e. The number of carbonyl (C=O) groups excluding carboxylic acids is 1. The van der Waals surface area contributed by atoms with E-state index in [0.29, 0.717) is 11.4 Å². The Balaban J connectivity index is 2.56. The molecule has 2 rings (SSSR count). The lowest BCUT2D eigenvalue weighted by Gasteiger charge is -2.05. The molecule has 0 aliphatic rings. The van der Waals surface area contributed by atoms with Crippen molar-refractivity contribution in [2.75, 3.05) is 0 Å². The molecule has 0 spiro atoms. The van der Waals surface area contributed by atoms with E-state index in [-0.39, 0.29) is 16.9 Å². The second-order valence-electron chi connectivity index (χ2n) is 4.05. The first-order valence-corrected chi connectivity index (χ1v) is 5.59. The number of hydrogen-bond donors (Lipinski definition) is 0. The molecule has 6 heteroatoms. The van der Waals surface area contributed by atoms with Crippen molar-refractivity contribution in [2.24, 2.45) is 0 Å². The van der Waals surface area contributed by atoms with E-state index in [2.05, 4.69) is 9.97 Å². The van der Waals surface area contributed by atoms with Crippen LogP contribution in [-0.4, -0.2) is 20.7 Å². The molecule has 0 unspecified atom stereocenters. The smallest absolute Gasteiger partial charge is 0.280 e. The predicted molar refractivity (Wildman–Crippen MR) is 68.0 cm³/mol. The lowest BCUT2D eigenvalue weighted by atomic mass is 10.0. The van der Waals surface area contributed by atoms with Gasteiger partial charge in [0, 0.05) is 12.3 Å². The molecule has 2 aromatic rings. The number of carbonyl (C=O) groups is 1. The zero-order chi connectivity index (χ0) is 14.0. The Hall–Kier alpha value is -2.63. The molecule has 1 heterocycles. The highest BCUT2D eigenvalue weighted by Crippen LogP contribution is 2.21. The molecule has 0 aliphatic heterocycles. The average molecular weight is 257 g/mol. The number of aryl methyl sites for hydroxylation is 2. The van der Waals surface area contributed by atoms with E-state index in [0.717, 1.165) is 0 Å². The molecule has 0 amide bonds. The van der Waals surface area contributed by atoms with Crippen LogP contribution in [0.1, 0.15) is 27.4 Å². The minimum Gasteiger partial charge on any atom is -0.287 e. The summed E-state index contributed by atoms with van der Waals surface area (Å²) < 4.78 is 0. The van der Waals surface area contributed by atoms with Crippen LogP contribution < -0.4 is 0 Å². The number of nitro benzene ring substituents is 1. The standard InChI is InChI=1S/C13H11N3O3/c1-8-7-14-9(2)12(15-8)13(17)10-5-3-4-6-11(10)16(18)19/h3-7H,1-2H3. The van der Waals surface area contributed by atoms with Crippen LogP contribution in [-0.2, 0) is 0 Å². The largest absolute Gasteiger partial charge is 0.287 e. The van der Waals surface area contributed by atoms with Crippen molar-refractivity contribution >= 4 is 11.5 Å². The van der Waals surface area contributed by atoms with Crippen molar-refractivity contribution in [3.63, 3.8) is 0 Å². The number of hydrogen-bond acceptors (Lipinski definition) is 5. The maximum atomic E-state index is 12.3. The number of rotatable bonds is 3. The van der Waals surface area contributed by atoms with Gasteiger partial charge in [-0.2, -0.15) is 0 Å². The summed E-state index contributed by atoms with van der Waals surface area (Å²) in [6.45, 7) is 3.36. The molecular weight excluding hydrogens is 246 g/mol. The van der Waals surface area contributed by atoms with Gasteiger partial charge in [0.05, 0.1) is 16.3 Å². The Morgan fingerprint density at radius 1 is 1.26 bits per heavy atom. The summed E-state index contributed by atoms with van der Waals surface area (Å²) in [5.41, 5.74) is 0.987. The predicted octanol–water partition coefficient (Wildman–Crippen LogP) is 2.23. The molecule has 0 aliphatic carbocycles. The summed E-state index contributed by atoms with van der Waals surface area (Å²) in [4.78, 5) is 30.8. The third kappa shape index (κ3) is 2.47. The van der Waals surface area contributed by atoms with E-state index in [1.807, 2.05) is 0 Å². The molecule has 0 atom stereocenters. The quantitative estimate of drug-likeness (QED) is 0.478. The van der Waals surface area contributed by atoms with Crippen molar-refractivity contribution in [2.45, 2.75) is 13.8 Å². The van der Waals surface area contributed by atoms with Crippen LogP contribution in [0.15, 0.2) is 30.5 Å². The van der Waals surface area contributed by atoms with Gasteiger partial charge in [-0.3, -0.25) is 19.9 Å². The number of aromatic nitrogens is 2. The van der Waals surface area contributed by atoms with Crippen LogP contribution in [0.25, 0.3) is 0 Å². The van der Waals surface area contributed by atoms with E-state index in [1.165, 1.54) is 18.2 Å². The monoisotopic (exact) mass is 257 g/mol. The van der Waals surface area contributed by atoms with Crippen LogP contribution in [0.5, 0.6) is 0 Å². The highest BCUT2D eigenvalue weighted by atomic mass is 16.6. The molecule has 6 nitrogen and oxygen atoms in total. The molecule has 0 saturated heterocycles. The molecule has 96 valence electrons. The number of ketones is 1. The highest BCUT2D eigenvalue weighted by Gasteiger charge is 2.23. The van der Waals surface area contributed by atoms with Crippen molar-refractivity contribution < 1.29 is 9.72 Å². The van der Waals surface area contributed by atoms with Crippen LogP contribution in [0, 0.1) is 24.0 Å². The number of benzene rings is 1. The minimum absolute atomic E-state index is 0.0236. The average Bonchev–Trinajstić information content (AvgIpc) is 2.40. The van der Waals surface area contributed by atoms with Gasteiger partial charge in [-0.05, 0) is 19.9 Å². The Kier molecular flexibility index (Phi) is 3.33. The second-order valence-corrected chi connectivity index (χ2v) is 4.05. The fourth-order valence-corrected chi connectivity index (χ4v) is 1.70. The highest BCUT2D eigenvalue weighted by molar-refractivity contribution is 6.10.